The van der Waals surface area contributed by atoms with Crippen LogP contribution in [0.15, 0.2) is 36.4 Å². The van der Waals surface area contributed by atoms with Crippen LogP contribution in [0.1, 0.15) is 64.7 Å². The highest BCUT2D eigenvalue weighted by molar-refractivity contribution is 5.75. The lowest BCUT2D eigenvalue weighted by molar-refractivity contribution is -0.119. The second-order valence-corrected chi connectivity index (χ2v) is 8.05. The van der Waals surface area contributed by atoms with E-state index in [2.05, 4.69) is 11.9 Å². The first-order valence-electron chi connectivity index (χ1n) is 10.9. The van der Waals surface area contributed by atoms with Gasteiger partial charge >= 0.3 is 0 Å². The number of amides is 1. The quantitative estimate of drug-likeness (QED) is 0.549. The summed E-state index contributed by atoms with van der Waals surface area (Å²) in [4.78, 5) is 34.6. The van der Waals surface area contributed by atoms with E-state index in [1.807, 2.05) is 41.3 Å². The van der Waals surface area contributed by atoms with Gasteiger partial charge in [0.25, 0.3) is 0 Å². The molecule has 1 saturated carbocycles. The molecule has 0 radical (unpaired) electrons. The maximum Gasteiger partial charge on any atom is 0.210 e. The van der Waals surface area contributed by atoms with Crippen LogP contribution in [0.3, 0.4) is 0 Å². The van der Waals surface area contributed by atoms with Crippen LogP contribution < -0.4 is 0 Å². The minimum absolute atomic E-state index is 0.159. The molecule has 0 N–H and O–H groups in total. The van der Waals surface area contributed by atoms with Gasteiger partial charge in [0.05, 0.1) is 0 Å². The molecule has 2 saturated heterocycles. The summed E-state index contributed by atoms with van der Waals surface area (Å²) < 4.78 is 0. The van der Waals surface area contributed by atoms with Gasteiger partial charge in [-0.25, -0.2) is 0 Å². The number of aldehydes is 1. The maximum atomic E-state index is 10.4. The average molecular weight is 403 g/mol. The molecule has 0 bridgehead atoms. The van der Waals surface area contributed by atoms with Crippen LogP contribution in [0.2, 0.25) is 0 Å². The van der Waals surface area contributed by atoms with E-state index in [9.17, 15) is 14.4 Å². The van der Waals surface area contributed by atoms with Crippen molar-refractivity contribution >= 4 is 18.5 Å². The molecule has 2 heterocycles. The highest BCUT2D eigenvalue weighted by Gasteiger charge is 2.50. The number of hydrogen-bond acceptors (Lipinski definition) is 4. The van der Waals surface area contributed by atoms with Crippen LogP contribution in [0.25, 0.3) is 0 Å². The van der Waals surface area contributed by atoms with Crippen molar-refractivity contribution in [1.82, 2.24) is 9.80 Å². The second-order valence-electron chi connectivity index (χ2n) is 8.05. The fraction of sp³-hybridized carbons (Fsp3) is 0.625. The molecule has 0 aromatic heterocycles. The SMILES string of the molecule is CC(=O)CCCC=O.CN1CCCC1.O=CN1CCCC12CC2.c1ccccc1. The molecule has 2 aliphatic heterocycles. The minimum atomic E-state index is 0.159. The van der Waals surface area contributed by atoms with Gasteiger partial charge in [-0.15, -0.1) is 0 Å². The van der Waals surface area contributed by atoms with Gasteiger partial charge in [-0.05, 0) is 72.0 Å². The van der Waals surface area contributed by atoms with Crippen LogP contribution in [0, 0.1) is 0 Å². The molecule has 3 fully saturated rings. The molecule has 1 amide bonds. The van der Waals surface area contributed by atoms with E-state index in [1.165, 1.54) is 58.5 Å². The van der Waals surface area contributed by atoms with E-state index in [1.54, 1.807) is 0 Å². The molecule has 0 atom stereocenters. The van der Waals surface area contributed by atoms with Crippen molar-refractivity contribution < 1.29 is 14.4 Å². The third-order valence-electron chi connectivity index (χ3n) is 5.45. The summed E-state index contributed by atoms with van der Waals surface area (Å²) in [5, 5.41) is 0. The maximum absolute atomic E-state index is 10.4. The molecule has 5 heteroatoms. The van der Waals surface area contributed by atoms with E-state index >= 15 is 0 Å². The number of nitrogens with zero attached hydrogens (tertiary/aromatic N) is 2. The molecule has 162 valence electrons. The fourth-order valence-electron chi connectivity index (χ4n) is 3.50. The predicted octanol–water partition coefficient (Wildman–Crippen LogP) is 4.11. The van der Waals surface area contributed by atoms with Crippen LogP contribution >= 0.6 is 0 Å². The lowest BCUT2D eigenvalue weighted by atomic mass is 10.2. The van der Waals surface area contributed by atoms with Gasteiger partial charge in [0.1, 0.15) is 12.1 Å². The lowest BCUT2D eigenvalue weighted by Gasteiger charge is -2.17. The summed E-state index contributed by atoms with van der Waals surface area (Å²) in [7, 11) is 2.17. The van der Waals surface area contributed by atoms with Crippen molar-refractivity contribution in [3.8, 4) is 0 Å². The van der Waals surface area contributed by atoms with Gasteiger partial charge in [0.2, 0.25) is 6.41 Å². The smallest absolute Gasteiger partial charge is 0.210 e. The number of Topliss-reactive ketones (excluding diaryl/α,β-unsaturated/α-hetero) is 1. The van der Waals surface area contributed by atoms with E-state index in [4.69, 9.17) is 0 Å². The lowest BCUT2D eigenvalue weighted by Crippen LogP contribution is -2.29. The Labute approximate surface area is 176 Å². The molecule has 3 aliphatic rings. The van der Waals surface area contributed by atoms with Gasteiger partial charge in [0.15, 0.2) is 0 Å². The van der Waals surface area contributed by atoms with Gasteiger partial charge in [-0.2, -0.15) is 0 Å². The van der Waals surface area contributed by atoms with Gasteiger partial charge in [-0.1, -0.05) is 36.4 Å². The van der Waals surface area contributed by atoms with Crippen molar-refractivity contribution in [1.29, 1.82) is 0 Å². The third-order valence-corrected chi connectivity index (χ3v) is 5.45. The Bertz CT molecular complexity index is 540. The highest BCUT2D eigenvalue weighted by Crippen LogP contribution is 2.48. The Morgan fingerprint density at radius 3 is 1.76 bits per heavy atom. The number of benzene rings is 1. The number of likely N-dealkylation sites (tertiary alicyclic amines) is 2. The first-order chi connectivity index (χ1) is 14.0. The molecule has 1 spiro atoms. The Morgan fingerprint density at radius 1 is 0.897 bits per heavy atom. The number of hydrogen-bond donors (Lipinski definition) is 0. The van der Waals surface area contributed by atoms with E-state index in [-0.39, 0.29) is 5.78 Å². The summed E-state index contributed by atoms with van der Waals surface area (Å²) in [6.07, 6.45) is 11.4. The monoisotopic (exact) mass is 402 g/mol. The average Bonchev–Trinajstić information content (AvgIpc) is 3.15. The van der Waals surface area contributed by atoms with Crippen molar-refractivity contribution in [3.63, 3.8) is 0 Å². The summed E-state index contributed by atoms with van der Waals surface area (Å²) in [6, 6.07) is 12.0. The van der Waals surface area contributed by atoms with Crippen molar-refractivity contribution in [2.45, 2.75) is 70.3 Å². The molecular weight excluding hydrogens is 364 g/mol. The molecule has 4 rings (SSSR count). The minimum Gasteiger partial charge on any atom is -0.340 e. The topological polar surface area (TPSA) is 57.7 Å². The van der Waals surface area contributed by atoms with Crippen molar-refractivity contribution in [2.24, 2.45) is 0 Å². The fourth-order valence-corrected chi connectivity index (χ4v) is 3.50. The zero-order valence-electron chi connectivity index (χ0n) is 18.2. The van der Waals surface area contributed by atoms with E-state index in [0.717, 1.165) is 19.2 Å². The van der Waals surface area contributed by atoms with Gasteiger partial charge < -0.3 is 19.4 Å². The number of unbranched alkanes of at least 4 members (excludes halogenated alkanes) is 1. The molecule has 0 unspecified atom stereocenters. The van der Waals surface area contributed by atoms with Crippen LogP contribution in [0.5, 0.6) is 0 Å². The first-order valence-corrected chi connectivity index (χ1v) is 10.9. The summed E-state index contributed by atoms with van der Waals surface area (Å²) in [5.74, 6) is 0.159. The Hall–Kier alpha value is -2.01. The standard InChI is InChI=1S/C7H11NO.C6H10O2.C6H6.C5H11N/c9-6-8-5-1-2-7(8)3-4-7;1-6(8)4-2-3-5-7;1-2-4-6-5-3-1;1-6-4-2-3-5-6/h6H,1-5H2;5H,2-4H2,1H3;1-6H;2-5H2,1H3. The summed E-state index contributed by atoms with van der Waals surface area (Å²) in [6.45, 7) is 5.17. The zero-order chi connectivity index (χ0) is 21.4. The van der Waals surface area contributed by atoms with Crippen LogP contribution in [0.4, 0.5) is 0 Å². The summed E-state index contributed by atoms with van der Waals surface area (Å²) in [5.41, 5.74) is 0.377. The number of rotatable bonds is 5. The van der Waals surface area contributed by atoms with Gasteiger partial charge in [0, 0.05) is 24.9 Å². The second kappa shape index (κ2) is 14.9. The number of carbonyl (C=O) groups is 3. The number of ketones is 1. The molecule has 29 heavy (non-hydrogen) atoms. The molecule has 1 aromatic rings. The van der Waals surface area contributed by atoms with E-state index in [0.29, 0.717) is 24.8 Å². The van der Waals surface area contributed by atoms with E-state index < -0.39 is 0 Å². The molecule has 5 nitrogen and oxygen atoms in total. The third kappa shape index (κ3) is 11.5. The molecular formula is C24H38N2O3. The van der Waals surface area contributed by atoms with Crippen molar-refractivity contribution in [2.75, 3.05) is 26.7 Å². The predicted molar refractivity (Wildman–Crippen MR) is 118 cm³/mol. The first kappa shape index (κ1) is 25.0. The highest BCUT2D eigenvalue weighted by atomic mass is 16.1. The largest absolute Gasteiger partial charge is 0.340 e. The Kier molecular flexibility index (Phi) is 12.9. The van der Waals surface area contributed by atoms with Crippen molar-refractivity contribution in [3.05, 3.63) is 36.4 Å². The van der Waals surface area contributed by atoms with Gasteiger partial charge in [-0.3, -0.25) is 4.79 Å². The molecule has 1 aliphatic carbocycles. The Morgan fingerprint density at radius 2 is 1.45 bits per heavy atom. The Balaban J connectivity index is 0.000000196. The van der Waals surface area contributed by atoms with Crippen LogP contribution in [-0.2, 0) is 14.4 Å². The molecule has 1 aromatic carbocycles. The number of carbonyl (C=O) groups excluding carboxylic acids is 3. The van der Waals surface area contributed by atoms with Crippen LogP contribution in [-0.4, -0.2) is 60.5 Å². The normalized spacial score (nSPS) is 18.3. The zero-order valence-corrected chi connectivity index (χ0v) is 18.2. The summed E-state index contributed by atoms with van der Waals surface area (Å²) >= 11 is 0.